The molecule has 0 bridgehead atoms. The Bertz CT molecular complexity index is 1320. The number of anilines is 1. The summed E-state index contributed by atoms with van der Waals surface area (Å²) >= 11 is 0. The molecule has 4 rings (SSSR count). The van der Waals surface area contributed by atoms with Gasteiger partial charge >= 0.3 is 6.03 Å². The number of nitrogens with zero attached hydrogens (tertiary/aromatic N) is 3. The first-order chi connectivity index (χ1) is 18.2. The molecule has 0 radical (unpaired) electrons. The molecule has 0 fully saturated rings. The van der Waals surface area contributed by atoms with Gasteiger partial charge in [-0.3, -0.25) is 4.79 Å². The number of aliphatic hydroxyl groups excluding tert-OH is 1. The summed E-state index contributed by atoms with van der Waals surface area (Å²) in [4.78, 5) is 33.7. The summed E-state index contributed by atoms with van der Waals surface area (Å²) in [6, 6.07) is 12.4. The molecule has 2 aromatic carbocycles. The Hall–Kier alpha value is -4.05. The topological polar surface area (TPSA) is 95.0 Å². The minimum absolute atomic E-state index is 0.0569. The number of hydrogen-bond acceptors (Lipinski definition) is 5. The number of carbonyl (C=O) groups excluding carboxylic acids is 2. The summed E-state index contributed by atoms with van der Waals surface area (Å²) < 4.78 is 34.1. The first-order valence-corrected chi connectivity index (χ1v) is 12.3. The second kappa shape index (κ2) is 11.6. The number of hydrogen-bond donors (Lipinski definition) is 2. The Morgan fingerprint density at radius 1 is 1.21 bits per heavy atom. The van der Waals surface area contributed by atoms with Gasteiger partial charge in [-0.05, 0) is 42.8 Å². The summed E-state index contributed by atoms with van der Waals surface area (Å²) in [5.74, 6) is -1.52. The van der Waals surface area contributed by atoms with E-state index in [4.69, 9.17) is 4.74 Å². The molecule has 0 saturated carbocycles. The molecule has 8 nitrogen and oxygen atoms in total. The molecule has 200 valence electrons. The van der Waals surface area contributed by atoms with Crippen LogP contribution in [0.25, 0.3) is 11.1 Å². The number of benzene rings is 2. The van der Waals surface area contributed by atoms with E-state index in [1.165, 1.54) is 41.4 Å². The number of amides is 3. The lowest BCUT2D eigenvalue weighted by atomic mass is 9.99. The van der Waals surface area contributed by atoms with E-state index in [0.29, 0.717) is 11.1 Å². The van der Waals surface area contributed by atoms with Gasteiger partial charge in [-0.15, -0.1) is 0 Å². The molecule has 38 heavy (non-hydrogen) atoms. The van der Waals surface area contributed by atoms with Crippen molar-refractivity contribution < 1.29 is 28.2 Å². The van der Waals surface area contributed by atoms with Gasteiger partial charge in [0.1, 0.15) is 23.3 Å². The number of aromatic nitrogens is 1. The number of urea groups is 1. The SMILES string of the molecule is C[C@H](CO)N1C[C@H](C)[C@H](CN(C)C(=O)Nc2ccccc2F)Oc2ncc(-c3cccc(F)c3)cc2C1=O. The smallest absolute Gasteiger partial charge is 0.321 e. The maximum atomic E-state index is 14.0. The summed E-state index contributed by atoms with van der Waals surface area (Å²) in [6.07, 6.45) is 0.915. The number of rotatable bonds is 6. The van der Waals surface area contributed by atoms with Gasteiger partial charge in [-0.25, -0.2) is 18.6 Å². The van der Waals surface area contributed by atoms with Crippen molar-refractivity contribution in [3.05, 3.63) is 78.0 Å². The van der Waals surface area contributed by atoms with Crippen molar-refractivity contribution in [1.82, 2.24) is 14.8 Å². The Balaban J connectivity index is 1.64. The van der Waals surface area contributed by atoms with Crippen LogP contribution in [0.3, 0.4) is 0 Å². The highest BCUT2D eigenvalue weighted by Gasteiger charge is 2.35. The predicted molar refractivity (Wildman–Crippen MR) is 139 cm³/mol. The third kappa shape index (κ3) is 5.91. The summed E-state index contributed by atoms with van der Waals surface area (Å²) in [5, 5.41) is 12.4. The molecule has 3 atom stereocenters. The van der Waals surface area contributed by atoms with E-state index < -0.39 is 29.8 Å². The molecule has 2 heterocycles. The van der Waals surface area contributed by atoms with Crippen molar-refractivity contribution in [2.45, 2.75) is 26.0 Å². The number of para-hydroxylation sites is 1. The highest BCUT2D eigenvalue weighted by Crippen LogP contribution is 2.30. The van der Waals surface area contributed by atoms with E-state index in [0.717, 1.165) is 0 Å². The van der Waals surface area contributed by atoms with Gasteiger partial charge in [0, 0.05) is 31.3 Å². The molecule has 1 aliphatic rings. The Morgan fingerprint density at radius 3 is 2.68 bits per heavy atom. The maximum absolute atomic E-state index is 14.0. The number of likely N-dealkylation sites (N-methyl/N-ethyl adjacent to an activating group) is 1. The Morgan fingerprint density at radius 2 is 1.97 bits per heavy atom. The molecule has 1 aliphatic heterocycles. The van der Waals surface area contributed by atoms with Crippen molar-refractivity contribution >= 4 is 17.6 Å². The predicted octanol–water partition coefficient (Wildman–Crippen LogP) is 4.41. The van der Waals surface area contributed by atoms with Crippen LogP contribution in [0.2, 0.25) is 0 Å². The summed E-state index contributed by atoms with van der Waals surface area (Å²) in [7, 11) is 1.56. The van der Waals surface area contributed by atoms with Crippen LogP contribution in [0.1, 0.15) is 24.2 Å². The number of aliphatic hydroxyl groups is 1. The fourth-order valence-corrected chi connectivity index (χ4v) is 4.27. The largest absolute Gasteiger partial charge is 0.472 e. The van der Waals surface area contributed by atoms with Crippen molar-refractivity contribution in [3.63, 3.8) is 0 Å². The van der Waals surface area contributed by atoms with E-state index >= 15 is 0 Å². The zero-order valence-corrected chi connectivity index (χ0v) is 21.4. The third-order valence-electron chi connectivity index (χ3n) is 6.59. The molecular formula is C28H30F2N4O4. The molecule has 0 aliphatic carbocycles. The quantitative estimate of drug-likeness (QED) is 0.498. The normalized spacial score (nSPS) is 18.1. The van der Waals surface area contributed by atoms with Crippen LogP contribution in [-0.2, 0) is 0 Å². The fraction of sp³-hybridized carbons (Fsp3) is 0.321. The second-order valence-electron chi connectivity index (χ2n) is 9.50. The van der Waals surface area contributed by atoms with Crippen molar-refractivity contribution in [2.24, 2.45) is 5.92 Å². The number of pyridine rings is 1. The van der Waals surface area contributed by atoms with Crippen LogP contribution in [0, 0.1) is 17.6 Å². The van der Waals surface area contributed by atoms with Crippen LogP contribution in [0.4, 0.5) is 19.3 Å². The highest BCUT2D eigenvalue weighted by molar-refractivity contribution is 5.98. The van der Waals surface area contributed by atoms with E-state index in [1.54, 1.807) is 43.1 Å². The fourth-order valence-electron chi connectivity index (χ4n) is 4.27. The van der Waals surface area contributed by atoms with Crippen molar-refractivity contribution in [1.29, 1.82) is 0 Å². The van der Waals surface area contributed by atoms with Gasteiger partial charge in [-0.1, -0.05) is 31.2 Å². The molecule has 0 spiro atoms. The maximum Gasteiger partial charge on any atom is 0.321 e. The van der Waals surface area contributed by atoms with Crippen LogP contribution in [0.15, 0.2) is 60.8 Å². The molecule has 3 amide bonds. The third-order valence-corrected chi connectivity index (χ3v) is 6.59. The van der Waals surface area contributed by atoms with Crippen molar-refractivity contribution in [3.8, 4) is 17.0 Å². The first-order valence-electron chi connectivity index (χ1n) is 12.3. The Kier molecular flexibility index (Phi) is 8.21. The van der Waals surface area contributed by atoms with Crippen molar-refractivity contribution in [2.75, 3.05) is 32.1 Å². The number of ether oxygens (including phenoxy) is 1. The van der Waals surface area contributed by atoms with Gasteiger partial charge in [0.05, 0.1) is 24.9 Å². The number of halogens is 2. The standard InChI is InChI=1S/C28H30F2N4O4/c1-17-14-34(18(2)16-35)27(36)22-12-20(19-7-6-8-21(29)11-19)13-31-26(22)38-25(17)15-33(3)28(37)32-24-10-5-4-9-23(24)30/h4-13,17-18,25,35H,14-16H2,1-3H3,(H,32,37)/t17-,18+,25-/m0/s1. The zero-order chi connectivity index (χ0) is 27.4. The average molecular weight is 525 g/mol. The molecule has 1 aromatic heterocycles. The number of fused-ring (bicyclic) bond motifs is 1. The zero-order valence-electron chi connectivity index (χ0n) is 21.4. The lowest BCUT2D eigenvalue weighted by molar-refractivity contribution is 0.0356. The first kappa shape index (κ1) is 27.0. The van der Waals surface area contributed by atoms with Gasteiger partial charge in [0.25, 0.3) is 5.91 Å². The Labute approximate surface area is 219 Å². The van der Waals surface area contributed by atoms with Gasteiger partial charge in [0.15, 0.2) is 0 Å². The lowest BCUT2D eigenvalue weighted by Crippen LogP contribution is -2.50. The van der Waals surface area contributed by atoms with E-state index in [1.807, 2.05) is 6.92 Å². The average Bonchev–Trinajstić information content (AvgIpc) is 2.91. The number of nitrogens with one attached hydrogen (secondary N) is 1. The lowest BCUT2D eigenvalue weighted by Gasteiger charge is -2.37. The minimum Gasteiger partial charge on any atom is -0.472 e. The molecule has 3 aromatic rings. The van der Waals surface area contributed by atoms with Crippen LogP contribution >= 0.6 is 0 Å². The molecule has 0 saturated heterocycles. The number of carbonyl (C=O) groups is 2. The summed E-state index contributed by atoms with van der Waals surface area (Å²) in [6.45, 7) is 3.73. The molecular weight excluding hydrogens is 494 g/mol. The monoisotopic (exact) mass is 524 g/mol. The summed E-state index contributed by atoms with van der Waals surface area (Å²) in [5.41, 5.74) is 1.30. The second-order valence-corrected chi connectivity index (χ2v) is 9.50. The van der Waals surface area contributed by atoms with Gasteiger partial charge in [0.2, 0.25) is 5.88 Å². The van der Waals surface area contributed by atoms with Crippen LogP contribution in [-0.4, -0.2) is 70.7 Å². The molecule has 0 unspecified atom stereocenters. The van der Waals surface area contributed by atoms with E-state index in [2.05, 4.69) is 10.3 Å². The van der Waals surface area contributed by atoms with Gasteiger partial charge < -0.3 is 25.0 Å². The van der Waals surface area contributed by atoms with Gasteiger partial charge in [-0.2, -0.15) is 0 Å². The molecule has 2 N–H and O–H groups in total. The molecule has 10 heteroatoms. The van der Waals surface area contributed by atoms with E-state index in [-0.39, 0.29) is 48.7 Å². The van der Waals surface area contributed by atoms with Crippen LogP contribution < -0.4 is 10.1 Å². The van der Waals surface area contributed by atoms with Crippen LogP contribution in [0.5, 0.6) is 5.88 Å². The highest BCUT2D eigenvalue weighted by atomic mass is 19.1. The van der Waals surface area contributed by atoms with E-state index in [9.17, 15) is 23.5 Å². The minimum atomic E-state index is -0.584.